The Labute approximate surface area is 142 Å². The minimum atomic E-state index is -0.591. The number of hydrogen-bond acceptors (Lipinski definition) is 5. The van der Waals surface area contributed by atoms with Gasteiger partial charge in [-0.15, -0.1) is 0 Å². The summed E-state index contributed by atoms with van der Waals surface area (Å²) in [6.45, 7) is 3.88. The summed E-state index contributed by atoms with van der Waals surface area (Å²) >= 11 is 0. The third-order valence-corrected chi connectivity index (χ3v) is 3.72. The normalized spacial score (nSPS) is 18.0. The number of carbonyl (C=O) groups excluding carboxylic acids is 2. The van der Waals surface area contributed by atoms with Gasteiger partial charge in [-0.25, -0.2) is 4.79 Å². The predicted molar refractivity (Wildman–Crippen MR) is 91.1 cm³/mol. The fourth-order valence-corrected chi connectivity index (χ4v) is 2.56. The van der Waals surface area contributed by atoms with Crippen LogP contribution in [-0.4, -0.2) is 31.1 Å². The monoisotopic (exact) mass is 332 g/mol. The number of carbonyl (C=O) groups is 2. The van der Waals surface area contributed by atoms with E-state index in [-0.39, 0.29) is 11.9 Å². The molecule has 1 atom stereocenters. The number of ketones is 1. The van der Waals surface area contributed by atoms with Crippen LogP contribution in [0.4, 0.5) is 0 Å². The lowest BCUT2D eigenvalue weighted by Crippen LogP contribution is -2.29. The van der Waals surface area contributed by atoms with Crippen molar-refractivity contribution < 1.29 is 23.8 Å². The van der Waals surface area contributed by atoms with E-state index in [0.717, 1.165) is 18.4 Å². The summed E-state index contributed by atoms with van der Waals surface area (Å²) in [4.78, 5) is 23.6. The average molecular weight is 332 g/mol. The first-order chi connectivity index (χ1) is 11.5. The Morgan fingerprint density at radius 1 is 1.25 bits per heavy atom. The van der Waals surface area contributed by atoms with Crippen molar-refractivity contribution in [2.24, 2.45) is 0 Å². The van der Waals surface area contributed by atoms with Gasteiger partial charge in [0.15, 0.2) is 23.4 Å². The second-order valence-electron chi connectivity index (χ2n) is 6.05. The highest BCUT2D eigenvalue weighted by Gasteiger charge is 2.24. The van der Waals surface area contributed by atoms with Crippen molar-refractivity contribution in [2.45, 2.75) is 51.7 Å². The summed E-state index contributed by atoms with van der Waals surface area (Å²) in [5.41, 5.74) is 0.787. The number of hydrogen-bond donors (Lipinski definition) is 0. The molecule has 130 valence electrons. The van der Waals surface area contributed by atoms with Crippen LogP contribution in [-0.2, 0) is 14.3 Å². The molecule has 5 nitrogen and oxygen atoms in total. The molecular formula is C19H24O5. The summed E-state index contributed by atoms with van der Waals surface area (Å²) < 4.78 is 16.2. The molecule has 1 aromatic carbocycles. The number of benzene rings is 1. The fraction of sp³-hybridized carbons (Fsp3) is 0.474. The molecule has 0 N–H and O–H groups in total. The lowest BCUT2D eigenvalue weighted by Gasteiger charge is -2.19. The van der Waals surface area contributed by atoms with Crippen molar-refractivity contribution in [2.75, 3.05) is 7.11 Å². The van der Waals surface area contributed by atoms with Crippen molar-refractivity contribution in [1.82, 2.24) is 0 Å². The molecule has 24 heavy (non-hydrogen) atoms. The Morgan fingerprint density at radius 2 is 2.04 bits per heavy atom. The van der Waals surface area contributed by atoms with Crippen LogP contribution in [0.3, 0.4) is 0 Å². The van der Waals surface area contributed by atoms with Gasteiger partial charge >= 0.3 is 5.97 Å². The van der Waals surface area contributed by atoms with Gasteiger partial charge in [0.25, 0.3) is 0 Å². The van der Waals surface area contributed by atoms with Crippen LogP contribution >= 0.6 is 0 Å². The quantitative estimate of drug-likeness (QED) is 0.589. The lowest BCUT2D eigenvalue weighted by molar-refractivity contribution is -0.152. The number of ether oxygens (including phenoxy) is 3. The SMILES string of the molecule is COc1cc(/C=C/C(=O)O[C@@H]2CCCCC2=O)ccc1OC(C)C. The highest BCUT2D eigenvalue weighted by atomic mass is 16.5. The van der Waals surface area contributed by atoms with Gasteiger partial charge in [0.1, 0.15) is 0 Å². The van der Waals surface area contributed by atoms with E-state index in [9.17, 15) is 9.59 Å². The number of Topliss-reactive ketones (excluding diaryl/α,β-unsaturated/α-hetero) is 1. The van der Waals surface area contributed by atoms with Crippen LogP contribution in [0, 0.1) is 0 Å². The number of esters is 1. The van der Waals surface area contributed by atoms with E-state index in [1.807, 2.05) is 19.9 Å². The van der Waals surface area contributed by atoms with Crippen LogP contribution in [0.25, 0.3) is 6.08 Å². The summed E-state index contributed by atoms with van der Waals surface area (Å²) in [6.07, 6.45) is 5.34. The molecule has 0 aromatic heterocycles. The Bertz CT molecular complexity index is 618. The van der Waals surface area contributed by atoms with Gasteiger partial charge in [-0.3, -0.25) is 4.79 Å². The smallest absolute Gasteiger partial charge is 0.331 e. The molecule has 1 aliphatic carbocycles. The van der Waals surface area contributed by atoms with E-state index in [0.29, 0.717) is 24.3 Å². The van der Waals surface area contributed by atoms with Crippen LogP contribution in [0.2, 0.25) is 0 Å². The summed E-state index contributed by atoms with van der Waals surface area (Å²) in [5.74, 6) is 0.762. The Hall–Kier alpha value is -2.30. The molecule has 1 aliphatic rings. The Balaban J connectivity index is 2.00. The molecule has 2 rings (SSSR count). The van der Waals surface area contributed by atoms with Gasteiger partial charge in [0.2, 0.25) is 0 Å². The molecule has 0 amide bonds. The fourth-order valence-electron chi connectivity index (χ4n) is 2.56. The highest BCUT2D eigenvalue weighted by molar-refractivity contribution is 5.91. The largest absolute Gasteiger partial charge is 0.493 e. The van der Waals surface area contributed by atoms with Crippen molar-refractivity contribution >= 4 is 17.8 Å². The minimum absolute atomic E-state index is 0.0138. The summed E-state index contributed by atoms with van der Waals surface area (Å²) in [7, 11) is 1.57. The van der Waals surface area contributed by atoms with E-state index in [2.05, 4.69) is 0 Å². The Kier molecular flexibility index (Phi) is 6.41. The van der Waals surface area contributed by atoms with Gasteiger partial charge in [-0.1, -0.05) is 6.07 Å². The molecular weight excluding hydrogens is 308 g/mol. The highest BCUT2D eigenvalue weighted by Crippen LogP contribution is 2.29. The first-order valence-electron chi connectivity index (χ1n) is 8.25. The third kappa shape index (κ3) is 5.11. The number of rotatable bonds is 6. The number of methoxy groups -OCH3 is 1. The van der Waals surface area contributed by atoms with Crippen molar-refractivity contribution in [3.05, 3.63) is 29.8 Å². The lowest BCUT2D eigenvalue weighted by atomic mass is 9.96. The standard InChI is InChI=1S/C19H24O5/c1-13(2)23-17-10-8-14(12-18(17)22-3)9-11-19(21)24-16-7-5-4-6-15(16)20/h8-13,16H,4-7H2,1-3H3/b11-9+/t16-/m1/s1. The van der Waals surface area contributed by atoms with E-state index < -0.39 is 12.1 Å². The molecule has 0 aliphatic heterocycles. The molecule has 1 saturated carbocycles. The topological polar surface area (TPSA) is 61.8 Å². The summed E-state index contributed by atoms with van der Waals surface area (Å²) in [5, 5.41) is 0. The predicted octanol–water partition coefficient (Wildman–Crippen LogP) is 3.55. The zero-order valence-electron chi connectivity index (χ0n) is 14.4. The van der Waals surface area contributed by atoms with E-state index in [1.54, 1.807) is 25.3 Å². The maximum atomic E-state index is 11.9. The molecule has 0 bridgehead atoms. The van der Waals surface area contributed by atoms with Crippen molar-refractivity contribution in [3.8, 4) is 11.5 Å². The van der Waals surface area contributed by atoms with E-state index in [1.165, 1.54) is 6.08 Å². The molecule has 1 aromatic rings. The third-order valence-electron chi connectivity index (χ3n) is 3.72. The molecule has 0 heterocycles. The molecule has 0 radical (unpaired) electrons. The van der Waals surface area contributed by atoms with Gasteiger partial charge < -0.3 is 14.2 Å². The van der Waals surface area contributed by atoms with Gasteiger partial charge in [-0.2, -0.15) is 0 Å². The Morgan fingerprint density at radius 3 is 2.71 bits per heavy atom. The average Bonchev–Trinajstić information content (AvgIpc) is 2.55. The second kappa shape index (κ2) is 8.52. The first-order valence-corrected chi connectivity index (χ1v) is 8.25. The minimum Gasteiger partial charge on any atom is -0.493 e. The second-order valence-corrected chi connectivity index (χ2v) is 6.05. The maximum absolute atomic E-state index is 11.9. The summed E-state index contributed by atoms with van der Waals surface area (Å²) in [6, 6.07) is 5.41. The first kappa shape index (κ1) is 18.0. The van der Waals surface area contributed by atoms with Gasteiger partial charge in [-0.05, 0) is 56.9 Å². The van der Waals surface area contributed by atoms with Crippen LogP contribution in [0.15, 0.2) is 24.3 Å². The van der Waals surface area contributed by atoms with Gasteiger partial charge in [0, 0.05) is 12.5 Å². The van der Waals surface area contributed by atoms with Crippen molar-refractivity contribution in [1.29, 1.82) is 0 Å². The van der Waals surface area contributed by atoms with Gasteiger partial charge in [0.05, 0.1) is 13.2 Å². The molecule has 1 fully saturated rings. The van der Waals surface area contributed by atoms with Crippen LogP contribution < -0.4 is 9.47 Å². The van der Waals surface area contributed by atoms with Crippen LogP contribution in [0.5, 0.6) is 11.5 Å². The van der Waals surface area contributed by atoms with E-state index in [4.69, 9.17) is 14.2 Å². The van der Waals surface area contributed by atoms with Crippen molar-refractivity contribution in [3.63, 3.8) is 0 Å². The maximum Gasteiger partial charge on any atom is 0.331 e. The zero-order valence-corrected chi connectivity index (χ0v) is 14.4. The molecule has 0 spiro atoms. The van der Waals surface area contributed by atoms with E-state index >= 15 is 0 Å². The molecule has 0 saturated heterocycles. The van der Waals surface area contributed by atoms with Crippen LogP contribution in [0.1, 0.15) is 45.1 Å². The molecule has 5 heteroatoms. The molecule has 0 unspecified atom stereocenters. The zero-order chi connectivity index (χ0) is 17.5.